The van der Waals surface area contributed by atoms with Gasteiger partial charge in [-0.3, -0.25) is 10.1 Å². The molecule has 3 aromatic carbocycles. The van der Waals surface area contributed by atoms with Gasteiger partial charge < -0.3 is 14.2 Å². The number of carbonyl (C=O) groups is 1. The summed E-state index contributed by atoms with van der Waals surface area (Å²) in [5.74, 6) is 0.480. The van der Waals surface area contributed by atoms with Gasteiger partial charge in [0, 0.05) is 27.2 Å². The molecule has 0 spiro atoms. The van der Waals surface area contributed by atoms with Crippen LogP contribution in [0.1, 0.15) is 29.2 Å². The summed E-state index contributed by atoms with van der Waals surface area (Å²) in [5, 5.41) is 11.2. The van der Waals surface area contributed by atoms with Crippen molar-refractivity contribution < 1.29 is 23.9 Å². The van der Waals surface area contributed by atoms with Crippen LogP contribution < -0.4 is 9.47 Å². The summed E-state index contributed by atoms with van der Waals surface area (Å²) in [7, 11) is 0. The van der Waals surface area contributed by atoms with Gasteiger partial charge in [-0.15, -0.1) is 0 Å². The van der Waals surface area contributed by atoms with Crippen LogP contribution in [0.5, 0.6) is 11.5 Å². The van der Waals surface area contributed by atoms with E-state index in [4.69, 9.17) is 14.2 Å². The monoisotopic (exact) mass is 536 g/mol. The van der Waals surface area contributed by atoms with E-state index < -0.39 is 10.9 Å². The SMILES string of the molecule is CCOc1cc(/C=C2\N=C(c3cccc([N+](=O)[O-])c3C)OC2=O)ccc1OCc1ccccc1Br. The Hall–Kier alpha value is -3.98. The first-order chi connectivity index (χ1) is 16.9. The Kier molecular flexibility index (Phi) is 7.26. The second-order valence-corrected chi connectivity index (χ2v) is 8.42. The molecule has 1 aliphatic rings. The normalized spacial score (nSPS) is 14.0. The van der Waals surface area contributed by atoms with Crippen LogP contribution in [0.2, 0.25) is 0 Å². The molecule has 35 heavy (non-hydrogen) atoms. The average Bonchev–Trinajstić information content (AvgIpc) is 3.19. The number of hydrogen-bond acceptors (Lipinski definition) is 7. The number of aliphatic imine (C=N–C) groups is 1. The van der Waals surface area contributed by atoms with Crippen LogP contribution in [0.4, 0.5) is 5.69 Å². The fourth-order valence-corrected chi connectivity index (χ4v) is 3.91. The lowest BCUT2D eigenvalue weighted by Crippen LogP contribution is -2.08. The van der Waals surface area contributed by atoms with Gasteiger partial charge in [0.2, 0.25) is 5.90 Å². The van der Waals surface area contributed by atoms with Gasteiger partial charge in [0.25, 0.3) is 5.69 Å². The summed E-state index contributed by atoms with van der Waals surface area (Å²) < 4.78 is 18.0. The van der Waals surface area contributed by atoms with Crippen molar-refractivity contribution in [2.24, 2.45) is 4.99 Å². The molecule has 0 aromatic heterocycles. The maximum absolute atomic E-state index is 12.5. The standard InChI is InChI=1S/C26H21BrN2O6/c1-3-33-24-14-17(11-12-23(24)34-15-18-7-4-5-9-20(18)27)13-21-26(30)35-25(28-21)19-8-6-10-22(16(19)2)29(31)32/h4-14H,3,15H2,1-2H3/b21-13-. The molecule has 0 N–H and O–H groups in total. The van der Waals surface area contributed by atoms with Crippen molar-refractivity contribution in [3.05, 3.63) is 103 Å². The molecule has 4 rings (SSSR count). The van der Waals surface area contributed by atoms with Gasteiger partial charge in [0.15, 0.2) is 17.2 Å². The van der Waals surface area contributed by atoms with Crippen molar-refractivity contribution in [2.45, 2.75) is 20.5 Å². The van der Waals surface area contributed by atoms with Gasteiger partial charge in [-0.05, 0) is 49.8 Å². The molecule has 0 radical (unpaired) electrons. The quantitative estimate of drug-likeness (QED) is 0.152. The van der Waals surface area contributed by atoms with E-state index in [-0.39, 0.29) is 17.3 Å². The third kappa shape index (κ3) is 5.41. The highest BCUT2D eigenvalue weighted by molar-refractivity contribution is 9.10. The Labute approximate surface area is 210 Å². The molecule has 0 bridgehead atoms. The lowest BCUT2D eigenvalue weighted by Gasteiger charge is -2.13. The van der Waals surface area contributed by atoms with Crippen molar-refractivity contribution in [2.75, 3.05) is 6.61 Å². The summed E-state index contributed by atoms with van der Waals surface area (Å²) in [6, 6.07) is 17.6. The third-order valence-corrected chi connectivity index (χ3v) is 6.04. The number of halogens is 1. The van der Waals surface area contributed by atoms with E-state index in [0.717, 1.165) is 10.0 Å². The zero-order valence-corrected chi connectivity index (χ0v) is 20.6. The molecule has 0 unspecified atom stereocenters. The Morgan fingerprint density at radius 3 is 2.63 bits per heavy atom. The first-order valence-corrected chi connectivity index (χ1v) is 11.6. The van der Waals surface area contributed by atoms with E-state index in [9.17, 15) is 14.9 Å². The Morgan fingerprint density at radius 2 is 1.89 bits per heavy atom. The predicted molar refractivity (Wildman–Crippen MR) is 135 cm³/mol. The van der Waals surface area contributed by atoms with Crippen LogP contribution in [0.3, 0.4) is 0 Å². The number of esters is 1. The number of rotatable bonds is 8. The number of carbonyl (C=O) groups excluding carboxylic acids is 1. The lowest BCUT2D eigenvalue weighted by molar-refractivity contribution is -0.385. The average molecular weight is 537 g/mol. The number of nitro groups is 1. The molecular weight excluding hydrogens is 516 g/mol. The highest BCUT2D eigenvalue weighted by atomic mass is 79.9. The molecule has 0 amide bonds. The second-order valence-electron chi connectivity index (χ2n) is 7.56. The highest BCUT2D eigenvalue weighted by Crippen LogP contribution is 2.32. The van der Waals surface area contributed by atoms with E-state index >= 15 is 0 Å². The van der Waals surface area contributed by atoms with Crippen LogP contribution in [0, 0.1) is 17.0 Å². The number of nitro benzene ring substituents is 1. The van der Waals surface area contributed by atoms with E-state index in [0.29, 0.717) is 41.4 Å². The van der Waals surface area contributed by atoms with Crippen LogP contribution >= 0.6 is 15.9 Å². The molecule has 8 nitrogen and oxygen atoms in total. The highest BCUT2D eigenvalue weighted by Gasteiger charge is 2.27. The minimum absolute atomic E-state index is 0.0286. The Morgan fingerprint density at radius 1 is 1.09 bits per heavy atom. The maximum Gasteiger partial charge on any atom is 0.363 e. The fraction of sp³-hybridized carbons (Fsp3) is 0.154. The van der Waals surface area contributed by atoms with Crippen molar-refractivity contribution in [1.82, 2.24) is 0 Å². The molecule has 3 aromatic rings. The van der Waals surface area contributed by atoms with E-state index in [1.807, 2.05) is 31.2 Å². The second kappa shape index (κ2) is 10.5. The van der Waals surface area contributed by atoms with Crippen molar-refractivity contribution in [3.8, 4) is 11.5 Å². The minimum atomic E-state index is -0.641. The van der Waals surface area contributed by atoms with Crippen molar-refractivity contribution in [1.29, 1.82) is 0 Å². The van der Waals surface area contributed by atoms with Gasteiger partial charge in [-0.2, -0.15) is 0 Å². The molecule has 0 atom stereocenters. The summed E-state index contributed by atoms with van der Waals surface area (Å²) >= 11 is 3.51. The first-order valence-electron chi connectivity index (χ1n) is 10.8. The number of benzene rings is 3. The smallest absolute Gasteiger partial charge is 0.363 e. The molecule has 9 heteroatoms. The Balaban J connectivity index is 1.60. The lowest BCUT2D eigenvalue weighted by atomic mass is 10.1. The largest absolute Gasteiger partial charge is 0.490 e. The number of nitrogens with zero attached hydrogens (tertiary/aromatic N) is 2. The van der Waals surface area contributed by atoms with E-state index in [2.05, 4.69) is 20.9 Å². The summed E-state index contributed by atoms with van der Waals surface area (Å²) in [6.07, 6.45) is 1.57. The van der Waals surface area contributed by atoms with Crippen LogP contribution in [0.25, 0.3) is 6.08 Å². The zero-order valence-electron chi connectivity index (χ0n) is 19.0. The topological polar surface area (TPSA) is 100 Å². The van der Waals surface area contributed by atoms with Gasteiger partial charge in [-0.25, -0.2) is 9.79 Å². The number of cyclic esters (lactones) is 1. The third-order valence-electron chi connectivity index (χ3n) is 5.26. The predicted octanol–water partition coefficient (Wildman–Crippen LogP) is 5.99. The van der Waals surface area contributed by atoms with Crippen molar-refractivity contribution >= 4 is 39.6 Å². The molecule has 0 saturated heterocycles. The maximum atomic E-state index is 12.5. The minimum Gasteiger partial charge on any atom is -0.490 e. The molecular formula is C26H21BrN2O6. The van der Waals surface area contributed by atoms with Gasteiger partial charge >= 0.3 is 5.97 Å². The molecule has 0 aliphatic carbocycles. The number of ether oxygens (including phenoxy) is 3. The Bertz CT molecular complexity index is 1370. The zero-order chi connectivity index (χ0) is 24.9. The van der Waals surface area contributed by atoms with Crippen LogP contribution in [-0.2, 0) is 16.1 Å². The fourth-order valence-electron chi connectivity index (χ4n) is 3.51. The molecule has 0 fully saturated rings. The van der Waals surface area contributed by atoms with E-state index in [1.54, 1.807) is 37.3 Å². The van der Waals surface area contributed by atoms with Gasteiger partial charge in [0.1, 0.15) is 6.61 Å². The first kappa shape index (κ1) is 24.2. The molecule has 0 saturated carbocycles. The van der Waals surface area contributed by atoms with Crippen LogP contribution in [-0.4, -0.2) is 23.4 Å². The van der Waals surface area contributed by atoms with Gasteiger partial charge in [-0.1, -0.05) is 46.3 Å². The van der Waals surface area contributed by atoms with Crippen molar-refractivity contribution in [3.63, 3.8) is 0 Å². The summed E-state index contributed by atoms with van der Waals surface area (Å²) in [6.45, 7) is 4.24. The van der Waals surface area contributed by atoms with Crippen LogP contribution in [0.15, 0.2) is 75.8 Å². The van der Waals surface area contributed by atoms with E-state index in [1.165, 1.54) is 12.1 Å². The number of hydrogen-bond donors (Lipinski definition) is 0. The molecule has 1 heterocycles. The summed E-state index contributed by atoms with van der Waals surface area (Å²) in [4.78, 5) is 27.5. The summed E-state index contributed by atoms with van der Waals surface area (Å²) in [5.41, 5.74) is 2.42. The molecule has 178 valence electrons. The molecule has 1 aliphatic heterocycles. The van der Waals surface area contributed by atoms with Gasteiger partial charge in [0.05, 0.1) is 11.5 Å².